The molecule has 1 aromatic rings. The van der Waals surface area contributed by atoms with Gasteiger partial charge in [-0.25, -0.2) is 4.79 Å². The van der Waals surface area contributed by atoms with E-state index < -0.39 is 11.5 Å². The molecule has 4 heteroatoms. The lowest BCUT2D eigenvalue weighted by Gasteiger charge is -2.24. The highest BCUT2D eigenvalue weighted by Crippen LogP contribution is 2.38. The molecular formula is C10H12N2O2. The van der Waals surface area contributed by atoms with E-state index in [1.807, 2.05) is 6.92 Å². The summed E-state index contributed by atoms with van der Waals surface area (Å²) in [6.07, 6.45) is 3.97. The van der Waals surface area contributed by atoms with Crippen molar-refractivity contribution in [3.05, 3.63) is 29.6 Å². The topological polar surface area (TPSA) is 76.2 Å². The summed E-state index contributed by atoms with van der Waals surface area (Å²) < 4.78 is 0. The minimum atomic E-state index is -1.24. The summed E-state index contributed by atoms with van der Waals surface area (Å²) in [4.78, 5) is 15.1. The van der Waals surface area contributed by atoms with Gasteiger partial charge in [0.05, 0.1) is 0 Å². The highest BCUT2D eigenvalue weighted by Gasteiger charge is 2.47. The first-order chi connectivity index (χ1) is 6.56. The molecule has 2 atom stereocenters. The van der Waals surface area contributed by atoms with E-state index in [2.05, 4.69) is 4.98 Å². The molecule has 1 aliphatic carbocycles. The summed E-state index contributed by atoms with van der Waals surface area (Å²) in [6.45, 7) is 1.86. The van der Waals surface area contributed by atoms with E-state index in [-0.39, 0.29) is 5.92 Å². The lowest BCUT2D eigenvalue weighted by atomic mass is 9.86. The van der Waals surface area contributed by atoms with E-state index in [1.165, 1.54) is 0 Å². The van der Waals surface area contributed by atoms with Crippen LogP contribution in [-0.2, 0) is 16.8 Å². The average molecular weight is 192 g/mol. The van der Waals surface area contributed by atoms with Gasteiger partial charge in [0.1, 0.15) is 5.54 Å². The highest BCUT2D eigenvalue weighted by molar-refractivity contribution is 5.82. The van der Waals surface area contributed by atoms with Crippen LogP contribution in [0.15, 0.2) is 18.5 Å². The Morgan fingerprint density at radius 3 is 3.14 bits per heavy atom. The number of nitrogens with zero attached hydrogens (tertiary/aromatic N) is 1. The van der Waals surface area contributed by atoms with Gasteiger partial charge in [0, 0.05) is 12.4 Å². The first-order valence-corrected chi connectivity index (χ1v) is 4.52. The predicted octanol–water partition coefficient (Wildman–Crippen LogP) is 0.512. The molecule has 3 N–H and O–H groups in total. The van der Waals surface area contributed by atoms with Crippen LogP contribution in [0.1, 0.15) is 18.1 Å². The van der Waals surface area contributed by atoms with Gasteiger partial charge in [-0.2, -0.15) is 0 Å². The molecule has 2 rings (SSSR count). The van der Waals surface area contributed by atoms with Crippen molar-refractivity contribution in [1.82, 2.24) is 4.98 Å². The van der Waals surface area contributed by atoms with Gasteiger partial charge < -0.3 is 10.8 Å². The van der Waals surface area contributed by atoms with Crippen LogP contribution in [0, 0.1) is 5.92 Å². The molecule has 0 fully saturated rings. The minimum Gasteiger partial charge on any atom is -0.480 e. The van der Waals surface area contributed by atoms with Gasteiger partial charge in [0.2, 0.25) is 0 Å². The summed E-state index contributed by atoms with van der Waals surface area (Å²) in [7, 11) is 0. The van der Waals surface area contributed by atoms with Gasteiger partial charge in [-0.1, -0.05) is 6.92 Å². The van der Waals surface area contributed by atoms with Crippen LogP contribution >= 0.6 is 0 Å². The molecule has 0 aliphatic heterocycles. The molecule has 0 spiro atoms. The van der Waals surface area contributed by atoms with Crippen LogP contribution in [0.5, 0.6) is 0 Å². The normalized spacial score (nSPS) is 30.0. The zero-order valence-electron chi connectivity index (χ0n) is 7.90. The van der Waals surface area contributed by atoms with E-state index >= 15 is 0 Å². The second-order valence-corrected chi connectivity index (χ2v) is 3.81. The third-order valence-electron chi connectivity index (χ3n) is 3.01. The lowest BCUT2D eigenvalue weighted by Crippen LogP contribution is -2.47. The molecule has 1 aliphatic rings. The smallest absolute Gasteiger partial charge is 0.328 e. The molecule has 1 aromatic heterocycles. The molecule has 2 unspecified atom stereocenters. The number of rotatable bonds is 1. The largest absolute Gasteiger partial charge is 0.480 e. The van der Waals surface area contributed by atoms with Crippen LogP contribution in [0.25, 0.3) is 0 Å². The number of aromatic nitrogens is 1. The Hall–Kier alpha value is -1.42. The van der Waals surface area contributed by atoms with Crippen molar-refractivity contribution in [2.24, 2.45) is 11.7 Å². The highest BCUT2D eigenvalue weighted by atomic mass is 16.4. The second-order valence-electron chi connectivity index (χ2n) is 3.81. The number of nitrogens with two attached hydrogens (primary N) is 1. The maximum Gasteiger partial charge on any atom is 0.328 e. The number of carboxylic acids is 1. The van der Waals surface area contributed by atoms with Crippen molar-refractivity contribution in [3.8, 4) is 0 Å². The van der Waals surface area contributed by atoms with Crippen molar-refractivity contribution in [2.75, 3.05) is 0 Å². The van der Waals surface area contributed by atoms with Crippen molar-refractivity contribution in [3.63, 3.8) is 0 Å². The first-order valence-electron chi connectivity index (χ1n) is 4.52. The SMILES string of the molecule is CC1Cc2cnccc2C1(N)C(=O)O. The van der Waals surface area contributed by atoms with Gasteiger partial charge in [0.25, 0.3) is 0 Å². The number of fused-ring (bicyclic) bond motifs is 1. The van der Waals surface area contributed by atoms with Crippen LogP contribution in [0.4, 0.5) is 0 Å². The Bertz CT molecular complexity index is 391. The quantitative estimate of drug-likeness (QED) is 0.679. The van der Waals surface area contributed by atoms with Crippen molar-refractivity contribution in [1.29, 1.82) is 0 Å². The predicted molar refractivity (Wildman–Crippen MR) is 50.6 cm³/mol. The zero-order chi connectivity index (χ0) is 10.3. The molecule has 1 heterocycles. The van der Waals surface area contributed by atoms with Crippen LogP contribution < -0.4 is 5.73 Å². The Kier molecular flexibility index (Phi) is 1.82. The third kappa shape index (κ3) is 0.974. The standard InChI is InChI=1S/C10H12N2O2/c1-6-4-7-5-12-3-2-8(7)10(6,11)9(13)14/h2-3,5-6H,4,11H2,1H3,(H,13,14). The van der Waals surface area contributed by atoms with Crippen molar-refractivity contribution >= 4 is 5.97 Å². The zero-order valence-corrected chi connectivity index (χ0v) is 7.90. The summed E-state index contributed by atoms with van der Waals surface area (Å²) in [5, 5.41) is 9.14. The molecular weight excluding hydrogens is 180 g/mol. The fourth-order valence-corrected chi connectivity index (χ4v) is 2.08. The molecule has 74 valence electrons. The number of hydrogen-bond acceptors (Lipinski definition) is 3. The third-order valence-corrected chi connectivity index (χ3v) is 3.01. The van der Waals surface area contributed by atoms with Crippen LogP contribution in [-0.4, -0.2) is 16.1 Å². The Morgan fingerprint density at radius 1 is 1.79 bits per heavy atom. The molecule has 0 saturated carbocycles. The molecule has 0 saturated heterocycles. The maximum absolute atomic E-state index is 11.2. The summed E-state index contributed by atoms with van der Waals surface area (Å²) in [6, 6.07) is 1.70. The summed E-state index contributed by atoms with van der Waals surface area (Å²) in [5.74, 6) is -1.05. The lowest BCUT2D eigenvalue weighted by molar-refractivity contribution is -0.145. The average Bonchev–Trinajstić information content (AvgIpc) is 2.41. The number of carboxylic acid groups (broad SMARTS) is 1. The molecule has 0 bridgehead atoms. The molecule has 14 heavy (non-hydrogen) atoms. The van der Waals surface area contributed by atoms with Gasteiger partial charge in [0.15, 0.2) is 0 Å². The van der Waals surface area contributed by atoms with Crippen LogP contribution in [0.2, 0.25) is 0 Å². The summed E-state index contributed by atoms with van der Waals surface area (Å²) in [5.41, 5.74) is 6.34. The van der Waals surface area contributed by atoms with Gasteiger partial charge in [-0.15, -0.1) is 0 Å². The fourth-order valence-electron chi connectivity index (χ4n) is 2.08. The Labute approximate surface area is 81.8 Å². The number of carbonyl (C=O) groups is 1. The van der Waals surface area contributed by atoms with Gasteiger partial charge in [-0.05, 0) is 29.5 Å². The molecule has 0 aromatic carbocycles. The van der Waals surface area contributed by atoms with E-state index in [0.29, 0.717) is 12.0 Å². The van der Waals surface area contributed by atoms with Crippen molar-refractivity contribution < 1.29 is 9.90 Å². The second kappa shape index (κ2) is 2.78. The van der Waals surface area contributed by atoms with Crippen molar-refractivity contribution in [2.45, 2.75) is 18.9 Å². The van der Waals surface area contributed by atoms with E-state index in [0.717, 1.165) is 5.56 Å². The van der Waals surface area contributed by atoms with Gasteiger partial charge in [-0.3, -0.25) is 4.98 Å². The minimum absolute atomic E-state index is 0.0841. The van der Waals surface area contributed by atoms with Gasteiger partial charge >= 0.3 is 5.97 Å². The van der Waals surface area contributed by atoms with Crippen LogP contribution in [0.3, 0.4) is 0 Å². The van der Waals surface area contributed by atoms with E-state index in [4.69, 9.17) is 10.8 Å². The number of hydrogen-bond donors (Lipinski definition) is 2. The summed E-state index contributed by atoms with van der Waals surface area (Å²) >= 11 is 0. The Morgan fingerprint density at radius 2 is 2.50 bits per heavy atom. The Balaban J connectivity index is 2.60. The number of pyridine rings is 1. The molecule has 0 amide bonds. The molecule has 0 radical (unpaired) electrons. The number of aliphatic carboxylic acids is 1. The van der Waals surface area contributed by atoms with E-state index in [9.17, 15) is 4.79 Å². The van der Waals surface area contributed by atoms with E-state index in [1.54, 1.807) is 18.5 Å². The fraction of sp³-hybridized carbons (Fsp3) is 0.400. The molecule has 4 nitrogen and oxygen atoms in total. The first kappa shape index (κ1) is 9.15. The monoisotopic (exact) mass is 192 g/mol. The maximum atomic E-state index is 11.2.